The maximum atomic E-state index is 9.36. The second-order valence-corrected chi connectivity index (χ2v) is 3.83. The van der Waals surface area contributed by atoms with Gasteiger partial charge in [0.15, 0.2) is 0 Å². The summed E-state index contributed by atoms with van der Waals surface area (Å²) in [5, 5.41) is 12.7. The van der Waals surface area contributed by atoms with Crippen molar-refractivity contribution in [2.75, 3.05) is 5.32 Å². The van der Waals surface area contributed by atoms with Crippen molar-refractivity contribution in [3.05, 3.63) is 60.2 Å². The van der Waals surface area contributed by atoms with Crippen LogP contribution in [0.2, 0.25) is 0 Å². The molecular weight excluding hydrogens is 198 g/mol. The van der Waals surface area contributed by atoms with Gasteiger partial charge in [0.2, 0.25) is 0 Å². The molecule has 0 aliphatic heterocycles. The van der Waals surface area contributed by atoms with Gasteiger partial charge in [-0.1, -0.05) is 36.4 Å². The van der Waals surface area contributed by atoms with Crippen LogP contribution in [0.15, 0.2) is 54.6 Å². The average Bonchev–Trinajstić information content (AvgIpc) is 2.30. The zero-order chi connectivity index (χ0) is 11.4. The lowest BCUT2D eigenvalue weighted by molar-refractivity contribution is 0.475. The first kappa shape index (κ1) is 10.6. The van der Waals surface area contributed by atoms with Crippen LogP contribution in [-0.2, 0) is 0 Å². The van der Waals surface area contributed by atoms with Crippen LogP contribution in [0, 0.1) is 0 Å². The number of hydrogen-bond donors (Lipinski definition) is 2. The van der Waals surface area contributed by atoms with E-state index in [1.807, 2.05) is 30.3 Å². The lowest BCUT2D eigenvalue weighted by atomic mass is 10.1. The fourth-order valence-corrected chi connectivity index (χ4v) is 1.67. The summed E-state index contributed by atoms with van der Waals surface area (Å²) >= 11 is 0. The Bertz CT molecular complexity index is 453. The van der Waals surface area contributed by atoms with Crippen molar-refractivity contribution >= 4 is 5.69 Å². The molecule has 2 rings (SSSR count). The monoisotopic (exact) mass is 213 g/mol. The van der Waals surface area contributed by atoms with Crippen LogP contribution in [0.3, 0.4) is 0 Å². The van der Waals surface area contributed by atoms with E-state index >= 15 is 0 Å². The summed E-state index contributed by atoms with van der Waals surface area (Å²) in [6.07, 6.45) is 0. The minimum absolute atomic E-state index is 0.225. The Labute approximate surface area is 95.6 Å². The predicted molar refractivity (Wildman–Crippen MR) is 66.6 cm³/mol. The fourth-order valence-electron chi connectivity index (χ4n) is 1.67. The van der Waals surface area contributed by atoms with E-state index in [-0.39, 0.29) is 11.8 Å². The zero-order valence-corrected chi connectivity index (χ0v) is 9.22. The van der Waals surface area contributed by atoms with E-state index in [9.17, 15) is 5.11 Å². The summed E-state index contributed by atoms with van der Waals surface area (Å²) in [4.78, 5) is 0. The number of nitrogens with one attached hydrogen (secondary N) is 1. The van der Waals surface area contributed by atoms with Crippen molar-refractivity contribution in [3.8, 4) is 5.75 Å². The van der Waals surface area contributed by atoms with E-state index in [4.69, 9.17) is 0 Å². The Hall–Kier alpha value is -1.96. The minimum Gasteiger partial charge on any atom is -0.508 e. The first-order valence-corrected chi connectivity index (χ1v) is 5.36. The summed E-state index contributed by atoms with van der Waals surface area (Å²) in [6.45, 7) is 2.10. The second-order valence-electron chi connectivity index (χ2n) is 3.83. The van der Waals surface area contributed by atoms with Gasteiger partial charge in [-0.2, -0.15) is 0 Å². The molecule has 0 radical (unpaired) electrons. The molecule has 1 unspecified atom stereocenters. The van der Waals surface area contributed by atoms with Crippen LogP contribution in [0.4, 0.5) is 5.69 Å². The van der Waals surface area contributed by atoms with Crippen LogP contribution >= 0.6 is 0 Å². The molecule has 0 fully saturated rings. The standard InChI is InChI=1S/C14H15NO/c1-11(12-6-3-2-4-7-12)15-13-8-5-9-14(16)10-13/h2-11,15-16H,1H3. The number of benzene rings is 2. The number of rotatable bonds is 3. The Balaban J connectivity index is 2.11. The van der Waals surface area contributed by atoms with Gasteiger partial charge in [0.05, 0.1) is 0 Å². The van der Waals surface area contributed by atoms with E-state index < -0.39 is 0 Å². The van der Waals surface area contributed by atoms with Gasteiger partial charge >= 0.3 is 0 Å². The molecule has 2 nitrogen and oxygen atoms in total. The van der Waals surface area contributed by atoms with E-state index in [1.165, 1.54) is 5.56 Å². The average molecular weight is 213 g/mol. The second kappa shape index (κ2) is 4.71. The SMILES string of the molecule is CC(Nc1cccc(O)c1)c1ccccc1. The molecule has 82 valence electrons. The molecular formula is C14H15NO. The number of hydrogen-bond acceptors (Lipinski definition) is 2. The van der Waals surface area contributed by atoms with E-state index in [0.717, 1.165) is 5.69 Å². The molecule has 0 bridgehead atoms. The third-order valence-corrected chi connectivity index (χ3v) is 2.53. The third-order valence-electron chi connectivity index (χ3n) is 2.53. The van der Waals surface area contributed by atoms with Crippen molar-refractivity contribution in [3.63, 3.8) is 0 Å². The Morgan fingerprint density at radius 1 is 1.00 bits per heavy atom. The van der Waals surface area contributed by atoms with Gasteiger partial charge < -0.3 is 10.4 Å². The minimum atomic E-state index is 0.225. The van der Waals surface area contributed by atoms with Gasteiger partial charge in [0.1, 0.15) is 5.75 Å². The number of anilines is 1. The zero-order valence-electron chi connectivity index (χ0n) is 9.22. The van der Waals surface area contributed by atoms with Crippen molar-refractivity contribution in [2.24, 2.45) is 0 Å². The molecule has 1 atom stereocenters. The molecule has 2 aromatic carbocycles. The highest BCUT2D eigenvalue weighted by molar-refractivity contribution is 5.49. The van der Waals surface area contributed by atoms with Crippen molar-refractivity contribution < 1.29 is 5.11 Å². The molecule has 0 aromatic heterocycles. The van der Waals surface area contributed by atoms with Crippen molar-refractivity contribution in [1.82, 2.24) is 0 Å². The Morgan fingerprint density at radius 3 is 2.44 bits per heavy atom. The first-order valence-electron chi connectivity index (χ1n) is 5.36. The summed E-state index contributed by atoms with van der Waals surface area (Å²) < 4.78 is 0. The molecule has 0 saturated heterocycles. The predicted octanol–water partition coefficient (Wildman–Crippen LogP) is 3.57. The molecule has 2 aromatic rings. The smallest absolute Gasteiger partial charge is 0.117 e. The molecule has 16 heavy (non-hydrogen) atoms. The van der Waals surface area contributed by atoms with E-state index in [0.29, 0.717) is 0 Å². The van der Waals surface area contributed by atoms with Crippen LogP contribution < -0.4 is 5.32 Å². The van der Waals surface area contributed by atoms with Crippen LogP contribution in [0.5, 0.6) is 5.75 Å². The van der Waals surface area contributed by atoms with Gasteiger partial charge in [-0.3, -0.25) is 0 Å². The molecule has 0 aliphatic rings. The van der Waals surface area contributed by atoms with E-state index in [2.05, 4.69) is 24.4 Å². The quantitative estimate of drug-likeness (QED) is 0.817. The van der Waals surface area contributed by atoms with Gasteiger partial charge in [0.25, 0.3) is 0 Å². The summed E-state index contributed by atoms with van der Waals surface area (Å²) in [5.74, 6) is 0.283. The first-order chi connectivity index (χ1) is 7.75. The number of phenolic OH excluding ortho intramolecular Hbond substituents is 1. The summed E-state index contributed by atoms with van der Waals surface area (Å²) in [5.41, 5.74) is 2.15. The molecule has 2 heteroatoms. The Morgan fingerprint density at radius 2 is 1.75 bits per heavy atom. The summed E-state index contributed by atoms with van der Waals surface area (Å²) in [6, 6.07) is 17.6. The largest absolute Gasteiger partial charge is 0.508 e. The van der Waals surface area contributed by atoms with Crippen LogP contribution in [0.25, 0.3) is 0 Å². The highest BCUT2D eigenvalue weighted by Gasteiger charge is 2.04. The Kier molecular flexibility index (Phi) is 3.10. The lowest BCUT2D eigenvalue weighted by Crippen LogP contribution is -2.05. The maximum absolute atomic E-state index is 9.36. The molecule has 0 aliphatic carbocycles. The van der Waals surface area contributed by atoms with Gasteiger partial charge in [-0.15, -0.1) is 0 Å². The van der Waals surface area contributed by atoms with E-state index in [1.54, 1.807) is 12.1 Å². The molecule has 2 N–H and O–H groups in total. The summed E-state index contributed by atoms with van der Waals surface area (Å²) in [7, 11) is 0. The number of aromatic hydroxyl groups is 1. The van der Waals surface area contributed by atoms with Gasteiger partial charge in [-0.25, -0.2) is 0 Å². The normalized spacial score (nSPS) is 12.1. The molecule has 0 spiro atoms. The maximum Gasteiger partial charge on any atom is 0.117 e. The molecule has 0 amide bonds. The van der Waals surface area contributed by atoms with Crippen molar-refractivity contribution in [2.45, 2.75) is 13.0 Å². The lowest BCUT2D eigenvalue weighted by Gasteiger charge is -2.15. The van der Waals surface area contributed by atoms with Gasteiger partial charge in [0, 0.05) is 17.8 Å². The van der Waals surface area contributed by atoms with Gasteiger partial charge in [-0.05, 0) is 24.6 Å². The van der Waals surface area contributed by atoms with Crippen LogP contribution in [-0.4, -0.2) is 5.11 Å². The third kappa shape index (κ3) is 2.54. The van der Waals surface area contributed by atoms with Crippen LogP contribution in [0.1, 0.15) is 18.5 Å². The highest BCUT2D eigenvalue weighted by atomic mass is 16.3. The number of phenols is 1. The fraction of sp³-hybridized carbons (Fsp3) is 0.143. The molecule has 0 saturated carbocycles. The molecule has 0 heterocycles. The van der Waals surface area contributed by atoms with Crippen molar-refractivity contribution in [1.29, 1.82) is 0 Å². The topological polar surface area (TPSA) is 32.3 Å². The highest BCUT2D eigenvalue weighted by Crippen LogP contribution is 2.21.